The molecule has 0 atom stereocenters. The molecule has 0 aliphatic heterocycles. The van der Waals surface area contributed by atoms with Crippen LogP contribution in [0.5, 0.6) is 0 Å². The molecule has 3 aromatic rings. The summed E-state index contributed by atoms with van der Waals surface area (Å²) in [5.74, 6) is -0.254. The standard InChI is InChI=1S/C18H16N3O5S2.2Na.H2O4S/c1-2-27(22,23)13-5-3-12(4-6-13)20-21-18-10-9-17(19)15-8-7-14(11-16(15)18)28(24,25)26;;;1-5(2,3)4/h3-11H,1-2,19H2,(H,24,25,26);;;(H2,1,2,3,4)/q-1;2*+1;/p-2. The number of fused-ring (bicyclic) bond motifs is 1. The van der Waals surface area contributed by atoms with E-state index in [1.54, 1.807) is 12.1 Å². The molecule has 35 heavy (non-hydrogen) atoms. The van der Waals surface area contributed by atoms with Crippen molar-refractivity contribution >= 4 is 58.2 Å². The minimum Gasteiger partial charge on any atom is -0.744 e. The van der Waals surface area contributed by atoms with Gasteiger partial charge in [-0.25, -0.2) is 25.3 Å². The number of anilines is 1. The van der Waals surface area contributed by atoms with Gasteiger partial charge in [0.15, 0.2) is 9.84 Å². The van der Waals surface area contributed by atoms with Gasteiger partial charge in [-0.2, -0.15) is 5.11 Å². The average molecular weight is 561 g/mol. The van der Waals surface area contributed by atoms with E-state index in [1.807, 2.05) is 0 Å². The number of rotatable bonds is 5. The van der Waals surface area contributed by atoms with Crippen LogP contribution in [0.3, 0.4) is 0 Å². The first-order chi connectivity index (χ1) is 15.1. The van der Waals surface area contributed by atoms with Gasteiger partial charge >= 0.3 is 59.1 Å². The van der Waals surface area contributed by atoms with Crippen LogP contribution in [0, 0.1) is 6.92 Å². The van der Waals surface area contributed by atoms with Crippen molar-refractivity contribution < 1.29 is 98.0 Å². The molecule has 17 heteroatoms. The number of azo groups is 1. The van der Waals surface area contributed by atoms with Crippen LogP contribution >= 0.6 is 0 Å². The molecule has 0 unspecified atom stereocenters. The first-order valence-electron chi connectivity index (χ1n) is 8.62. The van der Waals surface area contributed by atoms with Crippen molar-refractivity contribution in [1.82, 2.24) is 0 Å². The molecule has 0 saturated carbocycles. The molecular weight excluding hydrogens is 544 g/mol. The molecule has 0 radical (unpaired) electrons. The average Bonchev–Trinajstić information content (AvgIpc) is 2.71. The van der Waals surface area contributed by atoms with Gasteiger partial charge in [0, 0.05) is 16.5 Å². The van der Waals surface area contributed by atoms with E-state index >= 15 is 0 Å². The largest absolute Gasteiger partial charge is 1.00 e. The van der Waals surface area contributed by atoms with Crippen LogP contribution in [-0.2, 0) is 30.4 Å². The third-order valence-corrected chi connectivity index (χ3v) is 6.38. The number of hydrogen-bond acceptors (Lipinski definition) is 11. The van der Waals surface area contributed by atoms with Crippen molar-refractivity contribution in [3.05, 3.63) is 61.5 Å². The maximum Gasteiger partial charge on any atom is 1.00 e. The summed E-state index contributed by atoms with van der Waals surface area (Å²) in [6, 6.07) is 12.7. The van der Waals surface area contributed by atoms with E-state index in [-0.39, 0.29) is 69.8 Å². The Morgan fingerprint density at radius 3 is 1.80 bits per heavy atom. The zero-order chi connectivity index (χ0) is 25.0. The molecule has 3 N–H and O–H groups in total. The van der Waals surface area contributed by atoms with Gasteiger partial charge in [-0.1, -0.05) is 11.8 Å². The smallest absolute Gasteiger partial charge is 0.744 e. The minimum atomic E-state index is -4.92. The normalized spacial score (nSPS) is 11.8. The topological polar surface area (TPSA) is 220 Å². The Bertz CT molecular complexity index is 1520. The first-order valence-corrected chi connectivity index (χ1v) is 13.0. The van der Waals surface area contributed by atoms with E-state index in [4.69, 9.17) is 23.3 Å². The minimum absolute atomic E-state index is 0. The number of nitrogen functional groups attached to an aromatic ring is 1. The van der Waals surface area contributed by atoms with E-state index in [2.05, 4.69) is 17.2 Å². The number of nitrogens with two attached hydrogens (primary N) is 1. The van der Waals surface area contributed by atoms with Crippen LogP contribution in [0.1, 0.15) is 0 Å². The van der Waals surface area contributed by atoms with E-state index in [0.29, 0.717) is 27.8 Å². The molecule has 0 aliphatic carbocycles. The fourth-order valence-electron chi connectivity index (χ4n) is 2.53. The number of benzene rings is 3. The van der Waals surface area contributed by atoms with Crippen molar-refractivity contribution in [2.45, 2.75) is 9.79 Å². The van der Waals surface area contributed by atoms with E-state index in [9.17, 15) is 21.4 Å². The van der Waals surface area contributed by atoms with Gasteiger partial charge in [0.2, 0.25) is 10.4 Å². The molecule has 0 bridgehead atoms. The number of sulfone groups is 1. The maximum absolute atomic E-state index is 11.8. The molecule has 0 aliphatic rings. The van der Waals surface area contributed by atoms with Gasteiger partial charge in [0.05, 0.1) is 21.2 Å². The Morgan fingerprint density at radius 2 is 1.31 bits per heavy atom. The summed E-state index contributed by atoms with van der Waals surface area (Å²) in [5.41, 5.74) is 6.99. The van der Waals surface area contributed by atoms with Crippen molar-refractivity contribution in [2.24, 2.45) is 10.2 Å². The predicted molar refractivity (Wildman–Crippen MR) is 117 cm³/mol. The van der Waals surface area contributed by atoms with Gasteiger partial charge in [-0.05, 0) is 48.5 Å². The van der Waals surface area contributed by atoms with Crippen molar-refractivity contribution in [1.29, 1.82) is 0 Å². The van der Waals surface area contributed by atoms with Crippen LogP contribution in [-0.4, -0.2) is 44.7 Å². The SMILES string of the molecule is O=S(=O)([O-])O.[CH2-]CS(=O)(=O)c1ccc(N=Nc2ccc(N)c3ccc(S(=O)(=O)[O-])cc23)cc1.[Na+].[Na+]. The fourth-order valence-corrected chi connectivity index (χ4v) is 3.81. The van der Waals surface area contributed by atoms with E-state index < -0.39 is 35.2 Å². The molecule has 0 spiro atoms. The second kappa shape index (κ2) is 13.6. The fraction of sp³-hybridized carbons (Fsp3) is 0.0556. The van der Waals surface area contributed by atoms with Crippen LogP contribution in [0.2, 0.25) is 0 Å². The summed E-state index contributed by atoms with van der Waals surface area (Å²) >= 11 is 0. The molecule has 12 nitrogen and oxygen atoms in total. The molecule has 0 amide bonds. The third kappa shape index (κ3) is 10.5. The zero-order valence-corrected chi connectivity index (χ0v) is 25.0. The van der Waals surface area contributed by atoms with Gasteiger partial charge in [-0.3, -0.25) is 4.55 Å². The van der Waals surface area contributed by atoms with Gasteiger partial charge in [0.1, 0.15) is 10.1 Å². The monoisotopic (exact) mass is 560 g/mol. The Balaban J connectivity index is 0.00000150. The summed E-state index contributed by atoms with van der Waals surface area (Å²) in [6.07, 6.45) is 0. The molecule has 0 saturated heterocycles. The molecule has 0 fully saturated rings. The summed E-state index contributed by atoms with van der Waals surface area (Å²) in [6.45, 7) is 3.39. The predicted octanol–water partition coefficient (Wildman–Crippen LogP) is -3.64. The number of hydrogen-bond donors (Lipinski definition) is 2. The molecule has 3 rings (SSSR count). The molecule has 3 aromatic carbocycles. The quantitative estimate of drug-likeness (QED) is 0.0778. The Labute approximate surface area is 246 Å². The molecule has 178 valence electrons. The van der Waals surface area contributed by atoms with Crippen molar-refractivity contribution in [2.75, 3.05) is 11.5 Å². The van der Waals surface area contributed by atoms with Crippen LogP contribution < -0.4 is 64.8 Å². The second-order valence-electron chi connectivity index (χ2n) is 6.28. The van der Waals surface area contributed by atoms with Crippen molar-refractivity contribution in [3.8, 4) is 0 Å². The summed E-state index contributed by atoms with van der Waals surface area (Å²) in [4.78, 5) is -0.269. The van der Waals surface area contributed by atoms with Gasteiger partial charge < -0.3 is 21.8 Å². The maximum atomic E-state index is 11.8. The summed E-state index contributed by atoms with van der Waals surface area (Å²) in [5, 5.41) is 9.02. The number of nitrogens with zero attached hydrogens (tertiary/aromatic N) is 2. The van der Waals surface area contributed by atoms with Crippen LogP contribution in [0.15, 0.2) is 74.6 Å². The summed E-state index contributed by atoms with van der Waals surface area (Å²) < 4.78 is 90.3. The Kier molecular flexibility index (Phi) is 13.2. The van der Waals surface area contributed by atoms with Gasteiger partial charge in [-0.15, -0.1) is 5.11 Å². The molecule has 0 aromatic heterocycles. The molecular formula is C18H16N3Na2O9S3-. The van der Waals surface area contributed by atoms with E-state index in [1.165, 1.54) is 42.5 Å². The second-order valence-corrected chi connectivity index (χ2v) is 10.6. The van der Waals surface area contributed by atoms with Crippen LogP contribution in [0.25, 0.3) is 10.8 Å². The van der Waals surface area contributed by atoms with E-state index in [0.717, 1.165) is 0 Å². The summed E-state index contributed by atoms with van der Waals surface area (Å²) in [7, 11) is -13.0. The van der Waals surface area contributed by atoms with Crippen molar-refractivity contribution in [3.63, 3.8) is 0 Å². The third-order valence-electron chi connectivity index (χ3n) is 4.03. The zero-order valence-electron chi connectivity index (χ0n) is 18.5. The first kappa shape index (κ1) is 34.0. The van der Waals surface area contributed by atoms with Gasteiger partial charge in [0.25, 0.3) is 0 Å². The Morgan fingerprint density at radius 1 is 0.800 bits per heavy atom. The molecule has 0 heterocycles. The van der Waals surface area contributed by atoms with Crippen LogP contribution in [0.4, 0.5) is 17.1 Å². The Hall–Kier alpha value is -0.950.